The monoisotopic (exact) mass is 384 g/mol. The minimum absolute atomic E-state index is 0.150. The third-order valence-corrected chi connectivity index (χ3v) is 4.17. The Balaban J connectivity index is 1.91. The van der Waals surface area contributed by atoms with Gasteiger partial charge in [0.15, 0.2) is 5.69 Å². The lowest BCUT2D eigenvalue weighted by Gasteiger charge is -2.06. The third kappa shape index (κ3) is 3.11. The zero-order chi connectivity index (χ0) is 17.1. The summed E-state index contributed by atoms with van der Waals surface area (Å²) < 4.78 is 2.02. The number of rotatable bonds is 3. The quantitative estimate of drug-likeness (QED) is 0.556. The Morgan fingerprint density at radius 1 is 1.17 bits per heavy atom. The van der Waals surface area contributed by atoms with Gasteiger partial charge in [-0.3, -0.25) is 9.59 Å². The van der Waals surface area contributed by atoms with Gasteiger partial charge in [-0.2, -0.15) is 10.2 Å². The van der Waals surface area contributed by atoms with E-state index in [0.717, 1.165) is 14.7 Å². The average Bonchev–Trinajstić information content (AvgIpc) is 2.59. The molecule has 0 atom stereocenters. The Morgan fingerprint density at radius 3 is 2.58 bits per heavy atom. The molecule has 0 aliphatic carbocycles. The molecule has 2 aromatic carbocycles. The summed E-state index contributed by atoms with van der Waals surface area (Å²) in [5.74, 6) is -0.481. The molecule has 0 spiro atoms. The van der Waals surface area contributed by atoms with Gasteiger partial charge in [0.25, 0.3) is 11.5 Å². The van der Waals surface area contributed by atoms with Gasteiger partial charge in [0, 0.05) is 22.5 Å². The van der Waals surface area contributed by atoms with Crippen molar-refractivity contribution in [2.75, 3.05) is 0 Å². The second-order valence-electron chi connectivity index (χ2n) is 5.04. The van der Waals surface area contributed by atoms with Crippen LogP contribution in [0.2, 0.25) is 0 Å². The van der Waals surface area contributed by atoms with Crippen molar-refractivity contribution in [2.45, 2.75) is 0 Å². The fraction of sp³-hybridized carbons (Fsp3) is 0.0588. The summed E-state index contributed by atoms with van der Waals surface area (Å²) >= 11 is 3.40. The highest BCUT2D eigenvalue weighted by Crippen LogP contribution is 2.14. The van der Waals surface area contributed by atoms with Crippen LogP contribution >= 0.6 is 15.9 Å². The molecule has 7 heteroatoms. The number of nitrogens with one attached hydrogen (secondary N) is 1. The summed E-state index contributed by atoms with van der Waals surface area (Å²) in [6.07, 6.45) is 1.53. The second kappa shape index (κ2) is 6.76. The number of carbonyl (C=O) groups excluding carboxylic acids is 1. The number of carbonyl (C=O) groups is 1. The van der Waals surface area contributed by atoms with Crippen LogP contribution < -0.4 is 11.0 Å². The molecule has 24 heavy (non-hydrogen) atoms. The van der Waals surface area contributed by atoms with Crippen LogP contribution in [0.5, 0.6) is 0 Å². The van der Waals surface area contributed by atoms with Gasteiger partial charge in [0.1, 0.15) is 0 Å². The minimum atomic E-state index is -0.481. The van der Waals surface area contributed by atoms with Crippen LogP contribution in [-0.4, -0.2) is 21.9 Å². The summed E-state index contributed by atoms with van der Waals surface area (Å²) in [7, 11) is 1.51. The number of hydrogen-bond acceptors (Lipinski definition) is 4. The van der Waals surface area contributed by atoms with Crippen molar-refractivity contribution in [3.63, 3.8) is 0 Å². The van der Waals surface area contributed by atoms with E-state index in [2.05, 4.69) is 31.6 Å². The number of amides is 1. The Bertz CT molecular complexity index is 1010. The van der Waals surface area contributed by atoms with Gasteiger partial charge in [-0.1, -0.05) is 52.3 Å². The van der Waals surface area contributed by atoms with E-state index in [4.69, 9.17) is 0 Å². The zero-order valence-corrected chi connectivity index (χ0v) is 14.3. The van der Waals surface area contributed by atoms with Gasteiger partial charge < -0.3 is 0 Å². The van der Waals surface area contributed by atoms with E-state index in [-0.39, 0.29) is 11.3 Å². The first kappa shape index (κ1) is 16.1. The number of halogens is 1. The van der Waals surface area contributed by atoms with Crippen molar-refractivity contribution in [2.24, 2.45) is 12.1 Å². The molecule has 0 fully saturated rings. The molecule has 6 nitrogen and oxygen atoms in total. The molecular formula is C17H13BrN4O2. The van der Waals surface area contributed by atoms with Gasteiger partial charge in [-0.25, -0.2) is 10.1 Å². The highest BCUT2D eigenvalue weighted by molar-refractivity contribution is 9.10. The van der Waals surface area contributed by atoms with Crippen molar-refractivity contribution in [1.29, 1.82) is 0 Å². The van der Waals surface area contributed by atoms with Crippen LogP contribution in [0.3, 0.4) is 0 Å². The van der Waals surface area contributed by atoms with Crippen LogP contribution in [0, 0.1) is 0 Å². The van der Waals surface area contributed by atoms with E-state index in [1.165, 1.54) is 13.3 Å². The van der Waals surface area contributed by atoms with E-state index in [1.807, 2.05) is 24.3 Å². The summed E-state index contributed by atoms with van der Waals surface area (Å²) in [5.41, 5.74) is 3.17. The molecule has 0 bridgehead atoms. The van der Waals surface area contributed by atoms with Crippen molar-refractivity contribution < 1.29 is 4.79 Å². The van der Waals surface area contributed by atoms with Crippen molar-refractivity contribution in [1.82, 2.24) is 15.2 Å². The van der Waals surface area contributed by atoms with Crippen molar-refractivity contribution in [3.8, 4) is 0 Å². The van der Waals surface area contributed by atoms with Gasteiger partial charge in [-0.15, -0.1) is 0 Å². The number of fused-ring (bicyclic) bond motifs is 1. The Kier molecular flexibility index (Phi) is 4.52. The lowest BCUT2D eigenvalue weighted by Crippen LogP contribution is -2.27. The molecule has 0 saturated heterocycles. The largest absolute Gasteiger partial charge is 0.292 e. The van der Waals surface area contributed by atoms with Crippen LogP contribution in [0.4, 0.5) is 0 Å². The number of hydrazone groups is 1. The topological polar surface area (TPSA) is 76.3 Å². The summed E-state index contributed by atoms with van der Waals surface area (Å²) in [6, 6.07) is 14.4. The summed E-state index contributed by atoms with van der Waals surface area (Å²) in [4.78, 5) is 24.5. The maximum absolute atomic E-state index is 12.4. The van der Waals surface area contributed by atoms with Gasteiger partial charge in [0.2, 0.25) is 0 Å². The summed E-state index contributed by atoms with van der Waals surface area (Å²) in [5, 5.41) is 8.94. The fourth-order valence-corrected chi connectivity index (χ4v) is 2.65. The number of aromatic nitrogens is 2. The van der Waals surface area contributed by atoms with E-state index >= 15 is 0 Å². The number of nitrogens with zero attached hydrogens (tertiary/aromatic N) is 3. The second-order valence-corrected chi connectivity index (χ2v) is 5.90. The molecular weight excluding hydrogens is 372 g/mol. The SMILES string of the molecule is Cn1nc(C(=O)N/N=C/c2ccccc2Br)c2ccccc2c1=O. The lowest BCUT2D eigenvalue weighted by atomic mass is 10.1. The molecule has 3 rings (SSSR count). The summed E-state index contributed by atoms with van der Waals surface area (Å²) in [6.45, 7) is 0. The Morgan fingerprint density at radius 2 is 1.83 bits per heavy atom. The van der Waals surface area contributed by atoms with Crippen LogP contribution in [0.15, 0.2) is 62.9 Å². The minimum Gasteiger partial charge on any atom is -0.267 e. The predicted octanol–water partition coefficient (Wildman–Crippen LogP) is 2.46. The van der Waals surface area contributed by atoms with Crippen LogP contribution in [0.25, 0.3) is 10.8 Å². The molecule has 0 aliphatic heterocycles. The first-order valence-electron chi connectivity index (χ1n) is 7.12. The van der Waals surface area contributed by atoms with Crippen LogP contribution in [-0.2, 0) is 7.05 Å². The molecule has 0 radical (unpaired) electrons. The molecule has 120 valence electrons. The van der Waals surface area contributed by atoms with E-state index in [1.54, 1.807) is 24.3 Å². The maximum atomic E-state index is 12.4. The van der Waals surface area contributed by atoms with E-state index < -0.39 is 5.91 Å². The Labute approximate surface area is 145 Å². The third-order valence-electron chi connectivity index (χ3n) is 3.45. The normalized spacial score (nSPS) is 11.1. The number of hydrogen-bond donors (Lipinski definition) is 1. The molecule has 1 heterocycles. The average molecular weight is 385 g/mol. The van der Waals surface area contributed by atoms with Gasteiger partial charge in [-0.05, 0) is 12.1 Å². The smallest absolute Gasteiger partial charge is 0.267 e. The highest BCUT2D eigenvalue weighted by Gasteiger charge is 2.14. The van der Waals surface area contributed by atoms with Crippen molar-refractivity contribution in [3.05, 3.63) is 74.6 Å². The molecule has 1 amide bonds. The fourth-order valence-electron chi connectivity index (χ4n) is 2.26. The number of aryl methyl sites for hydroxylation is 1. The van der Waals surface area contributed by atoms with Crippen LogP contribution in [0.1, 0.15) is 16.1 Å². The van der Waals surface area contributed by atoms with Crippen molar-refractivity contribution >= 4 is 38.8 Å². The van der Waals surface area contributed by atoms with E-state index in [9.17, 15) is 9.59 Å². The number of benzene rings is 2. The van der Waals surface area contributed by atoms with E-state index in [0.29, 0.717) is 10.8 Å². The lowest BCUT2D eigenvalue weighted by molar-refractivity contribution is 0.0950. The van der Waals surface area contributed by atoms with Gasteiger partial charge >= 0.3 is 0 Å². The molecule has 0 unspecified atom stereocenters. The first-order chi connectivity index (χ1) is 11.6. The molecule has 0 aliphatic rings. The molecule has 0 saturated carbocycles. The predicted molar refractivity (Wildman–Crippen MR) is 96.2 cm³/mol. The molecule has 3 aromatic rings. The molecule has 1 aromatic heterocycles. The molecule has 1 N–H and O–H groups in total. The Hall–Kier alpha value is -2.80. The van der Waals surface area contributed by atoms with Gasteiger partial charge in [0.05, 0.1) is 11.6 Å². The standard InChI is InChI=1S/C17H13BrN4O2/c1-22-17(24)13-8-4-3-7-12(13)15(21-22)16(23)20-19-10-11-6-2-5-9-14(11)18/h2-10H,1H3,(H,20,23)/b19-10+. The maximum Gasteiger partial charge on any atom is 0.292 e. The zero-order valence-electron chi connectivity index (χ0n) is 12.7. The first-order valence-corrected chi connectivity index (χ1v) is 7.91. The highest BCUT2D eigenvalue weighted by atomic mass is 79.9.